The van der Waals surface area contributed by atoms with Crippen LogP contribution in [0.2, 0.25) is 0 Å². The molecule has 2 nitrogen and oxygen atoms in total. The molecule has 13 heavy (non-hydrogen) atoms. The van der Waals surface area contributed by atoms with Crippen LogP contribution in [0, 0.1) is 6.92 Å². The SMILES string of the molecule is C/C(=N/NC1CC1)c1sccc1C. The van der Waals surface area contributed by atoms with E-state index in [1.165, 1.54) is 23.3 Å². The van der Waals surface area contributed by atoms with Gasteiger partial charge in [-0.25, -0.2) is 0 Å². The fourth-order valence-electron chi connectivity index (χ4n) is 1.19. The smallest absolute Gasteiger partial charge is 0.0746 e. The van der Waals surface area contributed by atoms with E-state index in [9.17, 15) is 0 Å². The minimum Gasteiger partial charge on any atom is -0.307 e. The molecule has 1 aromatic heterocycles. The van der Waals surface area contributed by atoms with Gasteiger partial charge in [-0.2, -0.15) is 5.10 Å². The lowest BCUT2D eigenvalue weighted by Gasteiger charge is -2.00. The van der Waals surface area contributed by atoms with Crippen molar-refractivity contribution in [3.05, 3.63) is 21.9 Å². The molecule has 70 valence electrons. The number of nitrogens with zero attached hydrogens (tertiary/aromatic N) is 1. The van der Waals surface area contributed by atoms with Crippen molar-refractivity contribution in [1.82, 2.24) is 5.43 Å². The molecule has 0 bridgehead atoms. The van der Waals surface area contributed by atoms with Gasteiger partial charge in [0.2, 0.25) is 0 Å². The Kier molecular flexibility index (Phi) is 2.36. The monoisotopic (exact) mass is 194 g/mol. The van der Waals surface area contributed by atoms with Gasteiger partial charge in [-0.05, 0) is 43.7 Å². The summed E-state index contributed by atoms with van der Waals surface area (Å²) < 4.78 is 0. The Bertz CT molecular complexity index is 323. The Morgan fingerprint density at radius 3 is 2.92 bits per heavy atom. The third-order valence-electron chi connectivity index (χ3n) is 2.18. The molecule has 0 saturated heterocycles. The Labute approximate surface area is 82.7 Å². The largest absolute Gasteiger partial charge is 0.307 e. The first-order chi connectivity index (χ1) is 6.27. The number of hydrogen-bond acceptors (Lipinski definition) is 3. The molecule has 0 radical (unpaired) electrons. The molecular formula is C10H14N2S. The van der Waals surface area contributed by atoms with Gasteiger partial charge in [0.15, 0.2) is 0 Å². The van der Waals surface area contributed by atoms with Crippen molar-refractivity contribution < 1.29 is 0 Å². The molecule has 1 heterocycles. The van der Waals surface area contributed by atoms with Crippen LogP contribution >= 0.6 is 11.3 Å². The minimum absolute atomic E-state index is 0.648. The van der Waals surface area contributed by atoms with Crippen molar-refractivity contribution in [1.29, 1.82) is 0 Å². The van der Waals surface area contributed by atoms with Crippen LogP contribution in [0.3, 0.4) is 0 Å². The molecule has 3 heteroatoms. The summed E-state index contributed by atoms with van der Waals surface area (Å²) in [6.07, 6.45) is 2.56. The van der Waals surface area contributed by atoms with Crippen molar-refractivity contribution in [3.63, 3.8) is 0 Å². The van der Waals surface area contributed by atoms with E-state index >= 15 is 0 Å². The predicted molar refractivity (Wildman–Crippen MR) is 57.4 cm³/mol. The molecule has 1 aromatic rings. The van der Waals surface area contributed by atoms with Crippen LogP contribution in [-0.4, -0.2) is 11.8 Å². The molecular weight excluding hydrogens is 180 g/mol. The van der Waals surface area contributed by atoms with E-state index in [2.05, 4.69) is 35.8 Å². The van der Waals surface area contributed by atoms with Crippen molar-refractivity contribution >= 4 is 17.0 Å². The Morgan fingerprint density at radius 1 is 1.62 bits per heavy atom. The molecule has 0 amide bonds. The van der Waals surface area contributed by atoms with Crippen LogP contribution in [0.1, 0.15) is 30.2 Å². The molecule has 0 spiro atoms. The molecule has 1 aliphatic carbocycles. The molecule has 0 aliphatic heterocycles. The zero-order valence-electron chi connectivity index (χ0n) is 8.00. The summed E-state index contributed by atoms with van der Waals surface area (Å²) in [6.45, 7) is 4.19. The van der Waals surface area contributed by atoms with Gasteiger partial charge >= 0.3 is 0 Å². The Balaban J connectivity index is 2.06. The lowest BCUT2D eigenvalue weighted by molar-refractivity contribution is 0.737. The predicted octanol–water partition coefficient (Wildman–Crippen LogP) is 2.53. The number of hydrogen-bond donors (Lipinski definition) is 1. The second-order valence-corrected chi connectivity index (χ2v) is 4.45. The molecule has 1 N–H and O–H groups in total. The van der Waals surface area contributed by atoms with Crippen molar-refractivity contribution in [2.24, 2.45) is 5.10 Å². The van der Waals surface area contributed by atoms with Crippen LogP contribution in [0.5, 0.6) is 0 Å². The molecule has 0 aromatic carbocycles. The Hall–Kier alpha value is -0.830. The van der Waals surface area contributed by atoms with Gasteiger partial charge in [0.1, 0.15) is 0 Å². The summed E-state index contributed by atoms with van der Waals surface area (Å²) in [7, 11) is 0. The molecule has 2 rings (SSSR count). The first kappa shape index (κ1) is 8.75. The maximum absolute atomic E-state index is 4.37. The molecule has 0 atom stereocenters. The fraction of sp³-hybridized carbons (Fsp3) is 0.500. The van der Waals surface area contributed by atoms with Gasteiger partial charge in [-0.3, -0.25) is 0 Å². The van der Waals surface area contributed by atoms with E-state index in [0.717, 1.165) is 5.71 Å². The van der Waals surface area contributed by atoms with Crippen LogP contribution in [0.4, 0.5) is 0 Å². The number of hydrazone groups is 1. The highest BCUT2D eigenvalue weighted by molar-refractivity contribution is 7.12. The highest BCUT2D eigenvalue weighted by Crippen LogP contribution is 2.20. The normalized spacial score (nSPS) is 17.5. The summed E-state index contributed by atoms with van der Waals surface area (Å²) in [5.41, 5.74) is 5.60. The topological polar surface area (TPSA) is 24.4 Å². The van der Waals surface area contributed by atoms with Crippen LogP contribution < -0.4 is 5.43 Å². The maximum atomic E-state index is 4.37. The second kappa shape index (κ2) is 3.50. The quantitative estimate of drug-likeness (QED) is 0.580. The van der Waals surface area contributed by atoms with E-state index in [1.54, 1.807) is 11.3 Å². The summed E-state index contributed by atoms with van der Waals surface area (Å²) in [5, 5.41) is 6.48. The number of thiophene rings is 1. The third kappa shape index (κ3) is 2.10. The van der Waals surface area contributed by atoms with Crippen molar-refractivity contribution in [2.75, 3.05) is 0 Å². The minimum atomic E-state index is 0.648. The van der Waals surface area contributed by atoms with E-state index in [0.29, 0.717) is 6.04 Å². The third-order valence-corrected chi connectivity index (χ3v) is 3.31. The van der Waals surface area contributed by atoms with E-state index < -0.39 is 0 Å². The average molecular weight is 194 g/mol. The first-order valence-corrected chi connectivity index (χ1v) is 5.49. The number of rotatable bonds is 3. The zero-order valence-corrected chi connectivity index (χ0v) is 8.82. The molecule has 1 aliphatic rings. The Morgan fingerprint density at radius 2 is 2.38 bits per heavy atom. The second-order valence-electron chi connectivity index (χ2n) is 3.53. The number of aryl methyl sites for hydroxylation is 1. The van der Waals surface area contributed by atoms with Gasteiger partial charge in [0, 0.05) is 6.04 Å². The number of nitrogens with one attached hydrogen (secondary N) is 1. The summed E-state index contributed by atoms with van der Waals surface area (Å²) in [4.78, 5) is 1.30. The summed E-state index contributed by atoms with van der Waals surface area (Å²) >= 11 is 1.76. The van der Waals surface area contributed by atoms with E-state index in [-0.39, 0.29) is 0 Å². The van der Waals surface area contributed by atoms with Crippen molar-refractivity contribution in [3.8, 4) is 0 Å². The van der Waals surface area contributed by atoms with Gasteiger partial charge in [-0.1, -0.05) is 0 Å². The van der Waals surface area contributed by atoms with Gasteiger partial charge in [-0.15, -0.1) is 11.3 Å². The fourth-order valence-corrected chi connectivity index (χ4v) is 2.07. The van der Waals surface area contributed by atoms with Gasteiger partial charge in [0.05, 0.1) is 10.6 Å². The molecule has 0 unspecified atom stereocenters. The summed E-state index contributed by atoms with van der Waals surface area (Å²) in [6, 6.07) is 2.78. The lowest BCUT2D eigenvalue weighted by Crippen LogP contribution is -2.11. The first-order valence-electron chi connectivity index (χ1n) is 4.61. The lowest BCUT2D eigenvalue weighted by atomic mass is 10.2. The van der Waals surface area contributed by atoms with Crippen molar-refractivity contribution in [2.45, 2.75) is 32.7 Å². The molecule has 1 fully saturated rings. The van der Waals surface area contributed by atoms with E-state index in [1.807, 2.05) is 0 Å². The molecule has 1 saturated carbocycles. The van der Waals surface area contributed by atoms with Gasteiger partial charge < -0.3 is 5.43 Å². The maximum Gasteiger partial charge on any atom is 0.0746 e. The highest BCUT2D eigenvalue weighted by Gasteiger charge is 2.20. The average Bonchev–Trinajstić information content (AvgIpc) is 2.84. The van der Waals surface area contributed by atoms with Gasteiger partial charge in [0.25, 0.3) is 0 Å². The van der Waals surface area contributed by atoms with Crippen LogP contribution in [0.15, 0.2) is 16.5 Å². The summed E-state index contributed by atoms with van der Waals surface area (Å²) in [5.74, 6) is 0. The highest BCUT2D eigenvalue weighted by atomic mass is 32.1. The van der Waals surface area contributed by atoms with Crippen LogP contribution in [-0.2, 0) is 0 Å². The zero-order chi connectivity index (χ0) is 9.26. The van der Waals surface area contributed by atoms with Crippen LogP contribution in [0.25, 0.3) is 0 Å². The standard InChI is InChI=1S/C10H14N2S/c1-7-5-6-13-10(7)8(2)11-12-9-3-4-9/h5-6,9,12H,3-4H2,1-2H3/b11-8-. The van der Waals surface area contributed by atoms with E-state index in [4.69, 9.17) is 0 Å².